The summed E-state index contributed by atoms with van der Waals surface area (Å²) in [7, 11) is 0. The predicted octanol–water partition coefficient (Wildman–Crippen LogP) is -1.41. The van der Waals surface area contributed by atoms with E-state index in [-0.39, 0.29) is 63.7 Å². The van der Waals surface area contributed by atoms with Gasteiger partial charge in [-0.05, 0) is 0 Å². The van der Waals surface area contributed by atoms with Gasteiger partial charge in [-0.15, -0.1) is 0 Å². The summed E-state index contributed by atoms with van der Waals surface area (Å²) in [6.07, 6.45) is 0. The largest absolute Gasteiger partial charge is 0.316 e. The molecule has 0 aromatic rings. The van der Waals surface area contributed by atoms with Crippen molar-refractivity contribution in [2.24, 2.45) is 0 Å². The zero-order valence-corrected chi connectivity index (χ0v) is 1.65. The van der Waals surface area contributed by atoms with Crippen LogP contribution in [0.15, 0.2) is 0 Å². The van der Waals surface area contributed by atoms with Crippen molar-refractivity contribution in [1.82, 2.24) is 0 Å². The van der Waals surface area contributed by atoms with Gasteiger partial charge in [0.15, 0.2) is 0 Å². The van der Waals surface area contributed by atoms with Crippen molar-refractivity contribution in [3.63, 3.8) is 0 Å². The van der Waals surface area contributed by atoms with Gasteiger partial charge in [-0.1, -0.05) is 0 Å². The number of rotatable bonds is 0. The van der Waals surface area contributed by atoms with Crippen LogP contribution in [0.2, 0.25) is 0 Å². The van der Waals surface area contributed by atoms with Gasteiger partial charge in [0, 0.05) is 17.1 Å². The Labute approximate surface area is 63.3 Å². The molecule has 0 bridgehead atoms. The normalized spacial score (nSPS) is 0. The maximum Gasteiger partial charge on any atom is 0.316 e. The minimum Gasteiger partial charge on any atom is 0.316 e. The topological polar surface area (TPSA) is 0 Å². The van der Waals surface area contributed by atoms with E-state index in [1.54, 1.807) is 0 Å². The molecule has 0 fully saturated rings. The van der Waals surface area contributed by atoms with Gasteiger partial charge in [-0.2, -0.15) is 0 Å². The maximum atomic E-state index is 0. The summed E-state index contributed by atoms with van der Waals surface area (Å²) in [5, 5.41) is 0. The molecule has 0 saturated carbocycles. The van der Waals surface area contributed by atoms with E-state index < -0.39 is 0 Å². The van der Waals surface area contributed by atoms with Crippen molar-refractivity contribution in [3.05, 3.63) is 0 Å². The molecule has 0 rings (SSSR count). The van der Waals surface area contributed by atoms with Crippen LogP contribution in [0.4, 0.5) is 4.70 Å². The molecule has 0 unspecified atom stereocenters. The Balaban J connectivity index is 0. The first-order valence-corrected chi connectivity index (χ1v) is 0. The van der Waals surface area contributed by atoms with Gasteiger partial charge < -0.3 is 0 Å². The van der Waals surface area contributed by atoms with E-state index in [0.717, 1.165) is 0 Å². The van der Waals surface area contributed by atoms with Crippen molar-refractivity contribution in [3.8, 4) is 0 Å². The quantitative estimate of drug-likeness (QED) is 0.342. The van der Waals surface area contributed by atoms with Gasteiger partial charge in [0.2, 0.25) is 0 Å². The zero-order chi connectivity index (χ0) is 0. The first kappa shape index (κ1) is 41.0. The molecule has 0 heterocycles. The molecule has 25 valence electrons. The second kappa shape index (κ2) is 21.3. The van der Waals surface area contributed by atoms with Crippen molar-refractivity contribution in [2.75, 3.05) is 0 Å². The Kier molecular flexibility index (Phi) is 218. The van der Waals surface area contributed by atoms with Crippen LogP contribution >= 0.6 is 0 Å². The Bertz CT molecular complexity index is 8.00. The number of halogens is 1. The van der Waals surface area contributed by atoms with Gasteiger partial charge in [0.1, 0.15) is 0 Å². The van der Waals surface area contributed by atoms with Gasteiger partial charge in [0.05, 0.1) is 0 Å². The van der Waals surface area contributed by atoms with E-state index in [2.05, 4.69) is 0 Å². The van der Waals surface area contributed by atoms with E-state index in [0.29, 0.717) is 0 Å². The molecule has 0 nitrogen and oxygen atoms in total. The molecule has 0 aliphatic carbocycles. The molecule has 4 heteroatoms. The fourth-order valence-electron chi connectivity index (χ4n) is 0. The fourth-order valence-corrected chi connectivity index (χ4v) is 0. The Morgan fingerprint density at radius 2 is 1.00 bits per heavy atom. The molecule has 1 radical (unpaired) electrons. The average Bonchev–Trinajstić information content (AvgIpc) is 0. The Morgan fingerprint density at radius 1 is 1.00 bits per heavy atom. The zero-order valence-electron chi connectivity index (χ0n) is 0.710. The first-order chi connectivity index (χ1) is 0. The third kappa shape index (κ3) is 9.18. The van der Waals surface area contributed by atoms with Crippen LogP contribution in [0.25, 0.3) is 0 Å². The monoisotopic (exact) mass is 117 g/mol. The molecule has 0 amide bonds. The smallest absolute Gasteiger partial charge is 0.316 e. The second-order valence-electron chi connectivity index (χ2n) is 0. The van der Waals surface area contributed by atoms with Crippen molar-refractivity contribution in [2.45, 2.75) is 0 Å². The average molecular weight is 118 g/mol. The van der Waals surface area contributed by atoms with E-state index in [9.17, 15) is 0 Å². The first-order valence-electron chi connectivity index (χ1n) is 0. The summed E-state index contributed by atoms with van der Waals surface area (Å²) in [6, 6.07) is 0. The molecule has 0 N–H and O–H groups in total. The summed E-state index contributed by atoms with van der Waals surface area (Å²) in [6.45, 7) is 0. The summed E-state index contributed by atoms with van der Waals surface area (Å²) < 4.78 is 0. The molecule has 0 atom stereocenters. The molecule has 0 aliphatic rings. The van der Waals surface area contributed by atoms with Gasteiger partial charge in [0.25, 0.3) is 0 Å². The molecular formula is H4CuFLiMg. The van der Waals surface area contributed by atoms with Crippen LogP contribution in [-0.2, 0) is 17.1 Å². The summed E-state index contributed by atoms with van der Waals surface area (Å²) >= 11 is 0. The van der Waals surface area contributed by atoms with E-state index in [4.69, 9.17) is 0 Å². The molecule has 0 saturated heterocycles. The Hall–Kier alpha value is 1.81. The van der Waals surface area contributed by atoms with Crippen LogP contribution < -0.4 is 0 Å². The predicted molar refractivity (Wildman–Crippen MR) is 18.2 cm³/mol. The molecule has 0 spiro atoms. The maximum absolute atomic E-state index is 0. The van der Waals surface area contributed by atoms with Gasteiger partial charge in [-0.3, -0.25) is 4.70 Å². The van der Waals surface area contributed by atoms with Crippen LogP contribution in [-0.4, -0.2) is 41.9 Å². The minimum atomic E-state index is 0. The van der Waals surface area contributed by atoms with E-state index >= 15 is 0 Å². The van der Waals surface area contributed by atoms with Crippen molar-refractivity contribution in [1.29, 1.82) is 0 Å². The molecule has 0 aromatic heterocycles. The summed E-state index contributed by atoms with van der Waals surface area (Å²) in [5.74, 6) is 0. The minimum absolute atomic E-state index is 0. The summed E-state index contributed by atoms with van der Waals surface area (Å²) in [5.41, 5.74) is 0. The second-order valence-corrected chi connectivity index (χ2v) is 0. The Morgan fingerprint density at radius 3 is 1.00 bits per heavy atom. The molecule has 0 aliphatic heterocycles. The third-order valence-corrected chi connectivity index (χ3v) is 0. The van der Waals surface area contributed by atoms with Crippen molar-refractivity contribution >= 4 is 41.9 Å². The molecule has 0 aromatic carbocycles. The van der Waals surface area contributed by atoms with Gasteiger partial charge >= 0.3 is 41.9 Å². The molecule has 4 heavy (non-hydrogen) atoms. The van der Waals surface area contributed by atoms with Crippen LogP contribution in [0.3, 0.4) is 0 Å². The van der Waals surface area contributed by atoms with Crippen molar-refractivity contribution < 1.29 is 21.8 Å². The molecular weight excluding hydrogens is 114 g/mol. The van der Waals surface area contributed by atoms with E-state index in [1.807, 2.05) is 0 Å². The van der Waals surface area contributed by atoms with Crippen LogP contribution in [0.1, 0.15) is 0 Å². The fraction of sp³-hybridized carbons (Fsp3) is 0. The van der Waals surface area contributed by atoms with E-state index in [1.165, 1.54) is 0 Å². The summed E-state index contributed by atoms with van der Waals surface area (Å²) in [4.78, 5) is 0. The third-order valence-electron chi connectivity index (χ3n) is 0. The van der Waals surface area contributed by atoms with Crippen LogP contribution in [0.5, 0.6) is 0 Å². The number of hydrogen-bond donors (Lipinski definition) is 0. The number of hydrogen-bond acceptors (Lipinski definition) is 0. The SMILES string of the molecule is F.[Cu].[LiH].[MgH2]. The van der Waals surface area contributed by atoms with Crippen LogP contribution in [0, 0.1) is 0 Å². The van der Waals surface area contributed by atoms with Gasteiger partial charge in [-0.25, -0.2) is 0 Å². The standard InChI is InChI=1S/Cu.FH.Li.Mg.3H/h;1H;;;;;.